The van der Waals surface area contributed by atoms with Gasteiger partial charge in [-0.3, -0.25) is 4.90 Å². The van der Waals surface area contributed by atoms with Crippen LogP contribution in [-0.4, -0.2) is 74.0 Å². The Balaban J connectivity index is 2.58. The molecule has 1 saturated heterocycles. The highest BCUT2D eigenvalue weighted by Gasteiger charge is 2.27. The Morgan fingerprint density at radius 2 is 2.20 bits per heavy atom. The highest BCUT2D eigenvalue weighted by molar-refractivity contribution is 4.82. The largest absolute Gasteiger partial charge is 0.395 e. The summed E-state index contributed by atoms with van der Waals surface area (Å²) < 4.78 is 5.12. The molecule has 0 bridgehead atoms. The predicted molar refractivity (Wildman–Crippen MR) is 61.0 cm³/mol. The van der Waals surface area contributed by atoms with Gasteiger partial charge in [-0.05, 0) is 26.9 Å². The van der Waals surface area contributed by atoms with Crippen molar-refractivity contribution >= 4 is 0 Å². The van der Waals surface area contributed by atoms with E-state index in [1.165, 1.54) is 0 Å². The summed E-state index contributed by atoms with van der Waals surface area (Å²) in [5, 5.41) is 9.41. The second-order valence-corrected chi connectivity index (χ2v) is 4.47. The molecular formula is C11H24N2O2. The maximum atomic E-state index is 9.41. The number of ether oxygens (including phenoxy) is 1. The lowest BCUT2D eigenvalue weighted by atomic mass is 10.1. The molecule has 1 rings (SSSR count). The van der Waals surface area contributed by atoms with E-state index in [9.17, 15) is 5.11 Å². The number of methoxy groups -OCH3 is 1. The van der Waals surface area contributed by atoms with Crippen LogP contribution < -0.4 is 0 Å². The maximum absolute atomic E-state index is 9.41. The summed E-state index contributed by atoms with van der Waals surface area (Å²) in [6.45, 7) is 6.18. The van der Waals surface area contributed by atoms with Gasteiger partial charge in [0.25, 0.3) is 0 Å². The van der Waals surface area contributed by atoms with Crippen molar-refractivity contribution in [3.8, 4) is 0 Å². The van der Waals surface area contributed by atoms with E-state index in [1.54, 1.807) is 7.11 Å². The first kappa shape index (κ1) is 12.9. The summed E-state index contributed by atoms with van der Waals surface area (Å²) in [6, 6.07) is 0.782. The monoisotopic (exact) mass is 216 g/mol. The van der Waals surface area contributed by atoms with Crippen LogP contribution in [0.2, 0.25) is 0 Å². The Kier molecular flexibility index (Phi) is 5.53. The number of nitrogens with zero attached hydrogens (tertiary/aromatic N) is 2. The molecule has 1 heterocycles. The third-order valence-electron chi connectivity index (χ3n) is 3.25. The number of likely N-dealkylation sites (N-methyl/N-ethyl adjacent to an activating group) is 1. The summed E-state index contributed by atoms with van der Waals surface area (Å²) in [7, 11) is 3.85. The van der Waals surface area contributed by atoms with Crippen molar-refractivity contribution in [3.63, 3.8) is 0 Å². The quantitative estimate of drug-likeness (QED) is 0.719. The topological polar surface area (TPSA) is 35.9 Å². The van der Waals surface area contributed by atoms with Crippen LogP contribution in [0.3, 0.4) is 0 Å². The molecule has 2 atom stereocenters. The lowest BCUT2D eigenvalue weighted by Crippen LogP contribution is -2.47. The van der Waals surface area contributed by atoms with Crippen molar-refractivity contribution in [2.45, 2.75) is 25.4 Å². The molecule has 0 aromatic heterocycles. The summed E-state index contributed by atoms with van der Waals surface area (Å²) in [4.78, 5) is 4.66. The van der Waals surface area contributed by atoms with E-state index in [0.717, 1.165) is 32.7 Å². The van der Waals surface area contributed by atoms with Crippen molar-refractivity contribution < 1.29 is 9.84 Å². The summed E-state index contributed by atoms with van der Waals surface area (Å²) in [6.07, 6.45) is 1.16. The highest BCUT2D eigenvalue weighted by atomic mass is 16.5. The number of aliphatic hydroxyl groups is 1. The van der Waals surface area contributed by atoms with E-state index < -0.39 is 0 Å². The molecule has 1 fully saturated rings. The minimum atomic E-state index is 0.235. The Morgan fingerprint density at radius 1 is 1.47 bits per heavy atom. The maximum Gasteiger partial charge on any atom is 0.0599 e. The summed E-state index contributed by atoms with van der Waals surface area (Å²) >= 11 is 0. The average molecular weight is 216 g/mol. The minimum absolute atomic E-state index is 0.235. The fourth-order valence-corrected chi connectivity index (χ4v) is 2.25. The third-order valence-corrected chi connectivity index (χ3v) is 3.25. The van der Waals surface area contributed by atoms with E-state index in [0.29, 0.717) is 6.04 Å². The molecular weight excluding hydrogens is 192 g/mol. The van der Waals surface area contributed by atoms with Gasteiger partial charge in [0.2, 0.25) is 0 Å². The lowest BCUT2D eigenvalue weighted by molar-refractivity contribution is 0.0611. The van der Waals surface area contributed by atoms with E-state index in [1.807, 2.05) is 0 Å². The molecule has 0 spiro atoms. The number of aliphatic hydroxyl groups excluding tert-OH is 1. The van der Waals surface area contributed by atoms with E-state index in [-0.39, 0.29) is 12.6 Å². The van der Waals surface area contributed by atoms with Gasteiger partial charge in [0.1, 0.15) is 0 Å². The molecule has 1 N–H and O–H groups in total. The number of hydrogen-bond acceptors (Lipinski definition) is 4. The second-order valence-electron chi connectivity index (χ2n) is 4.47. The third kappa shape index (κ3) is 3.72. The molecule has 2 unspecified atom stereocenters. The molecule has 4 nitrogen and oxygen atoms in total. The van der Waals surface area contributed by atoms with Crippen molar-refractivity contribution in [2.24, 2.45) is 0 Å². The van der Waals surface area contributed by atoms with Gasteiger partial charge < -0.3 is 14.7 Å². The first-order chi connectivity index (χ1) is 7.19. The van der Waals surface area contributed by atoms with Crippen molar-refractivity contribution in [2.75, 3.05) is 47.0 Å². The van der Waals surface area contributed by atoms with Gasteiger partial charge in [-0.15, -0.1) is 0 Å². The van der Waals surface area contributed by atoms with Crippen LogP contribution in [-0.2, 0) is 4.74 Å². The fourth-order valence-electron chi connectivity index (χ4n) is 2.25. The van der Waals surface area contributed by atoms with Crippen LogP contribution in [0, 0.1) is 0 Å². The van der Waals surface area contributed by atoms with Crippen molar-refractivity contribution in [1.29, 1.82) is 0 Å². The van der Waals surface area contributed by atoms with Crippen molar-refractivity contribution in [3.05, 3.63) is 0 Å². The Labute approximate surface area is 92.8 Å². The molecule has 0 aliphatic carbocycles. The first-order valence-electron chi connectivity index (χ1n) is 5.73. The Bertz CT molecular complexity index is 178. The smallest absolute Gasteiger partial charge is 0.0599 e. The Hall–Kier alpha value is -0.160. The van der Waals surface area contributed by atoms with E-state index >= 15 is 0 Å². The van der Waals surface area contributed by atoms with Gasteiger partial charge in [0.05, 0.1) is 13.2 Å². The standard InChI is InChI=1S/C11H24N2O2/c1-10-4-5-12(2)8-11(9-14)13(10)6-7-15-3/h10-11,14H,4-9H2,1-3H3. The summed E-state index contributed by atoms with van der Waals surface area (Å²) in [5.74, 6) is 0. The molecule has 0 aromatic rings. The van der Waals surface area contributed by atoms with Crippen LogP contribution in [0.25, 0.3) is 0 Å². The van der Waals surface area contributed by atoms with Gasteiger partial charge in [0.15, 0.2) is 0 Å². The van der Waals surface area contributed by atoms with E-state index in [4.69, 9.17) is 4.74 Å². The molecule has 15 heavy (non-hydrogen) atoms. The van der Waals surface area contributed by atoms with Gasteiger partial charge >= 0.3 is 0 Å². The molecule has 0 saturated carbocycles. The molecule has 0 amide bonds. The number of hydrogen-bond donors (Lipinski definition) is 1. The van der Waals surface area contributed by atoms with Crippen LogP contribution >= 0.6 is 0 Å². The van der Waals surface area contributed by atoms with Gasteiger partial charge in [-0.1, -0.05) is 0 Å². The zero-order valence-electron chi connectivity index (χ0n) is 10.1. The fraction of sp³-hybridized carbons (Fsp3) is 1.00. The van der Waals surface area contributed by atoms with Gasteiger partial charge in [0, 0.05) is 32.3 Å². The van der Waals surface area contributed by atoms with Gasteiger partial charge in [-0.25, -0.2) is 0 Å². The Morgan fingerprint density at radius 3 is 2.80 bits per heavy atom. The van der Waals surface area contributed by atoms with Crippen LogP contribution in [0.5, 0.6) is 0 Å². The van der Waals surface area contributed by atoms with Crippen LogP contribution in [0.4, 0.5) is 0 Å². The zero-order valence-corrected chi connectivity index (χ0v) is 10.1. The normalized spacial score (nSPS) is 30.4. The zero-order chi connectivity index (χ0) is 11.3. The average Bonchev–Trinajstić information content (AvgIpc) is 2.37. The molecule has 0 radical (unpaired) electrons. The van der Waals surface area contributed by atoms with Gasteiger partial charge in [-0.2, -0.15) is 0 Å². The number of rotatable bonds is 4. The second kappa shape index (κ2) is 6.43. The predicted octanol–water partition coefficient (Wildman–Crippen LogP) is 0.0197. The van der Waals surface area contributed by atoms with Crippen molar-refractivity contribution in [1.82, 2.24) is 9.80 Å². The molecule has 90 valence electrons. The highest BCUT2D eigenvalue weighted by Crippen LogP contribution is 2.14. The first-order valence-corrected chi connectivity index (χ1v) is 5.73. The lowest BCUT2D eigenvalue weighted by Gasteiger charge is -2.33. The molecule has 0 aromatic carbocycles. The molecule has 1 aliphatic heterocycles. The molecule has 1 aliphatic rings. The summed E-state index contributed by atoms with van der Waals surface area (Å²) in [5.41, 5.74) is 0. The van der Waals surface area contributed by atoms with Crippen LogP contribution in [0.15, 0.2) is 0 Å². The SMILES string of the molecule is COCCN1C(C)CCN(C)CC1CO. The molecule has 4 heteroatoms. The van der Waals surface area contributed by atoms with Crippen LogP contribution in [0.1, 0.15) is 13.3 Å². The van der Waals surface area contributed by atoms with E-state index in [2.05, 4.69) is 23.8 Å². The minimum Gasteiger partial charge on any atom is -0.395 e.